The summed E-state index contributed by atoms with van der Waals surface area (Å²) in [5.74, 6) is -1.26. The highest BCUT2D eigenvalue weighted by Crippen LogP contribution is 2.36. The van der Waals surface area contributed by atoms with Crippen LogP contribution in [0.15, 0.2) is 42.5 Å². The van der Waals surface area contributed by atoms with Crippen LogP contribution in [0.5, 0.6) is 5.75 Å². The van der Waals surface area contributed by atoms with Crippen LogP contribution < -0.4 is 14.8 Å². The van der Waals surface area contributed by atoms with Crippen molar-refractivity contribution in [2.45, 2.75) is 37.6 Å². The van der Waals surface area contributed by atoms with E-state index in [2.05, 4.69) is 10.0 Å². The Morgan fingerprint density at radius 2 is 1.88 bits per heavy atom. The van der Waals surface area contributed by atoms with Crippen molar-refractivity contribution < 1.29 is 42.4 Å². The molecule has 0 aromatic heterocycles. The number of hydrogen-bond acceptors (Lipinski definition) is 8. The number of hydrogen-bond donors (Lipinski definition) is 5. The summed E-state index contributed by atoms with van der Waals surface area (Å²) in [5.41, 5.74) is 0.456. The summed E-state index contributed by atoms with van der Waals surface area (Å²) < 4.78 is 51.7. The molecule has 12 heteroatoms. The monoisotopic (exact) mass is 484 g/mol. The summed E-state index contributed by atoms with van der Waals surface area (Å²) in [6.07, 6.45) is -4.66. The van der Waals surface area contributed by atoms with Gasteiger partial charge in [0.2, 0.25) is 22.2 Å². The van der Waals surface area contributed by atoms with Gasteiger partial charge in [-0.2, -0.15) is 0 Å². The highest BCUT2D eigenvalue weighted by atomic mass is 32.2. The van der Waals surface area contributed by atoms with E-state index in [0.717, 1.165) is 6.26 Å². The summed E-state index contributed by atoms with van der Waals surface area (Å²) in [6, 6.07) is 8.72. The third kappa shape index (κ3) is 5.97. The molecule has 3 unspecified atom stereocenters. The molecule has 5 N–H and O–H groups in total. The molecule has 1 fully saturated rings. The fraction of sp³-hybridized carbons (Fsp3) is 0.381. The standard InChI is InChI=1S/C21H25FN2O8S/c1-11(26)23-18-20(28)19(27)16(10-25)32-21(18)31-15-8-4-7-14(22)17(15)12-5-3-6-13(9-12)24-33(2,29)30/h3-9,16,18-21,24-25,27-28H,10H2,1-2H3,(H,23,26)/t16?,18?,19-,20?,21+/m0/s1. The zero-order valence-electron chi connectivity index (χ0n) is 17.8. The van der Waals surface area contributed by atoms with E-state index in [-0.39, 0.29) is 22.6 Å². The SMILES string of the molecule is CC(=O)NC1C(O)[C@@H](O)C(CO)O[C@H]1Oc1cccc(F)c1-c1cccc(NS(C)(=O)=O)c1. The van der Waals surface area contributed by atoms with E-state index >= 15 is 0 Å². The van der Waals surface area contributed by atoms with E-state index in [4.69, 9.17) is 9.47 Å². The van der Waals surface area contributed by atoms with Crippen LogP contribution in [0.25, 0.3) is 11.1 Å². The van der Waals surface area contributed by atoms with Gasteiger partial charge in [-0.05, 0) is 29.8 Å². The molecule has 1 aliphatic heterocycles. The number of aliphatic hydroxyl groups is 3. The molecule has 2 aromatic rings. The quantitative estimate of drug-likeness (QED) is 0.373. The Hall–Kier alpha value is -2.77. The minimum atomic E-state index is -3.57. The molecule has 2 aromatic carbocycles. The first-order valence-electron chi connectivity index (χ1n) is 9.93. The number of ether oxygens (including phenoxy) is 2. The van der Waals surface area contributed by atoms with Crippen LogP contribution in [0.3, 0.4) is 0 Å². The van der Waals surface area contributed by atoms with Crippen LogP contribution in [-0.2, 0) is 19.6 Å². The third-order valence-electron chi connectivity index (χ3n) is 4.92. The maximum absolute atomic E-state index is 14.9. The van der Waals surface area contributed by atoms with Gasteiger partial charge in [0, 0.05) is 12.6 Å². The summed E-state index contributed by atoms with van der Waals surface area (Å²) in [6.45, 7) is 0.558. The van der Waals surface area contributed by atoms with E-state index < -0.39 is 59.0 Å². The number of rotatable bonds is 7. The molecule has 0 bridgehead atoms. The molecule has 1 heterocycles. The average molecular weight is 485 g/mol. The normalized spacial score (nSPS) is 25.3. The predicted octanol–water partition coefficient (Wildman–Crippen LogP) is 0.187. The van der Waals surface area contributed by atoms with Crippen LogP contribution >= 0.6 is 0 Å². The van der Waals surface area contributed by atoms with Gasteiger partial charge in [0.15, 0.2) is 0 Å². The number of amides is 1. The molecule has 0 aliphatic carbocycles. The molecule has 3 rings (SSSR count). The second-order valence-corrected chi connectivity index (χ2v) is 9.37. The zero-order valence-corrected chi connectivity index (χ0v) is 18.6. The first-order valence-corrected chi connectivity index (χ1v) is 11.8. The lowest BCUT2D eigenvalue weighted by molar-refractivity contribution is -0.244. The summed E-state index contributed by atoms with van der Waals surface area (Å²) in [7, 11) is -3.57. The fourth-order valence-electron chi connectivity index (χ4n) is 3.53. The molecule has 1 saturated heterocycles. The second-order valence-electron chi connectivity index (χ2n) is 7.62. The smallest absolute Gasteiger partial charge is 0.229 e. The molecule has 0 spiro atoms. The van der Waals surface area contributed by atoms with Gasteiger partial charge in [-0.25, -0.2) is 12.8 Å². The number of anilines is 1. The molecule has 0 radical (unpaired) electrons. The van der Waals surface area contributed by atoms with Gasteiger partial charge in [-0.3, -0.25) is 9.52 Å². The van der Waals surface area contributed by atoms with Gasteiger partial charge in [-0.15, -0.1) is 0 Å². The Morgan fingerprint density at radius 3 is 2.52 bits per heavy atom. The highest BCUT2D eigenvalue weighted by Gasteiger charge is 2.46. The lowest BCUT2D eigenvalue weighted by Gasteiger charge is -2.42. The number of carbonyl (C=O) groups excluding carboxylic acids is 1. The molecule has 5 atom stereocenters. The van der Waals surface area contributed by atoms with Crippen LogP contribution in [0.2, 0.25) is 0 Å². The molecule has 0 saturated carbocycles. The lowest BCUT2D eigenvalue weighted by Crippen LogP contribution is -2.65. The average Bonchev–Trinajstić information content (AvgIpc) is 2.72. The first-order chi connectivity index (χ1) is 15.5. The molecule has 180 valence electrons. The Balaban J connectivity index is 2.00. The number of benzene rings is 2. The predicted molar refractivity (Wildman–Crippen MR) is 116 cm³/mol. The van der Waals surface area contributed by atoms with Crippen molar-refractivity contribution in [3.8, 4) is 16.9 Å². The minimum Gasteiger partial charge on any atom is -0.462 e. The van der Waals surface area contributed by atoms with Crippen molar-refractivity contribution in [3.05, 3.63) is 48.3 Å². The van der Waals surface area contributed by atoms with Gasteiger partial charge in [0.25, 0.3) is 0 Å². The number of carbonyl (C=O) groups is 1. The van der Waals surface area contributed by atoms with Gasteiger partial charge in [0.05, 0.1) is 18.4 Å². The van der Waals surface area contributed by atoms with E-state index in [1.54, 1.807) is 6.07 Å². The highest BCUT2D eigenvalue weighted by molar-refractivity contribution is 7.92. The van der Waals surface area contributed by atoms with Crippen molar-refractivity contribution in [1.29, 1.82) is 0 Å². The van der Waals surface area contributed by atoms with Gasteiger partial charge in [0.1, 0.15) is 35.9 Å². The van der Waals surface area contributed by atoms with Crippen LogP contribution in [0, 0.1) is 5.82 Å². The fourth-order valence-corrected chi connectivity index (χ4v) is 4.09. The molecule has 10 nitrogen and oxygen atoms in total. The Morgan fingerprint density at radius 1 is 1.18 bits per heavy atom. The van der Waals surface area contributed by atoms with Crippen LogP contribution in [0.1, 0.15) is 6.92 Å². The van der Waals surface area contributed by atoms with Crippen LogP contribution in [0.4, 0.5) is 10.1 Å². The summed E-state index contributed by atoms with van der Waals surface area (Å²) in [5, 5.41) is 32.5. The number of sulfonamides is 1. The third-order valence-corrected chi connectivity index (χ3v) is 5.53. The summed E-state index contributed by atoms with van der Waals surface area (Å²) in [4.78, 5) is 11.6. The number of halogens is 1. The molecule has 33 heavy (non-hydrogen) atoms. The summed E-state index contributed by atoms with van der Waals surface area (Å²) >= 11 is 0. The van der Waals surface area contributed by atoms with Gasteiger partial charge < -0.3 is 30.1 Å². The molecular weight excluding hydrogens is 459 g/mol. The van der Waals surface area contributed by atoms with Crippen LogP contribution in [-0.4, -0.2) is 73.2 Å². The Kier molecular flexibility index (Phi) is 7.55. The van der Waals surface area contributed by atoms with Crippen molar-refractivity contribution in [2.24, 2.45) is 0 Å². The number of nitrogens with one attached hydrogen (secondary N) is 2. The number of aliphatic hydroxyl groups excluding tert-OH is 3. The van der Waals surface area contributed by atoms with E-state index in [9.17, 15) is 32.9 Å². The van der Waals surface area contributed by atoms with Crippen molar-refractivity contribution in [1.82, 2.24) is 5.32 Å². The molecular formula is C21H25FN2O8S. The zero-order chi connectivity index (χ0) is 24.3. The molecule has 1 aliphatic rings. The first kappa shape index (κ1) is 24.9. The second kappa shape index (κ2) is 10.0. The topological polar surface area (TPSA) is 154 Å². The van der Waals surface area contributed by atoms with Crippen molar-refractivity contribution >= 4 is 21.6 Å². The van der Waals surface area contributed by atoms with E-state index in [1.165, 1.54) is 43.3 Å². The Bertz CT molecular complexity index is 1110. The largest absolute Gasteiger partial charge is 0.462 e. The minimum absolute atomic E-state index is 0.0269. The Labute approximate surface area is 190 Å². The lowest BCUT2D eigenvalue weighted by atomic mass is 9.96. The van der Waals surface area contributed by atoms with Gasteiger partial charge >= 0.3 is 0 Å². The maximum Gasteiger partial charge on any atom is 0.229 e. The van der Waals surface area contributed by atoms with Gasteiger partial charge in [-0.1, -0.05) is 18.2 Å². The van der Waals surface area contributed by atoms with E-state index in [0.29, 0.717) is 0 Å². The van der Waals surface area contributed by atoms with Crippen molar-refractivity contribution in [2.75, 3.05) is 17.6 Å². The maximum atomic E-state index is 14.9. The van der Waals surface area contributed by atoms with Crippen molar-refractivity contribution in [3.63, 3.8) is 0 Å². The van der Waals surface area contributed by atoms with E-state index in [1.807, 2.05) is 0 Å². The molecule has 1 amide bonds.